The molecule has 0 unspecified atom stereocenters. The first-order valence-corrected chi connectivity index (χ1v) is 10.1. The standard InChI is InChI=1S/C25H24N2O5/c28-22(16-27(17-23(29)30)18-24(31)32)26-25(19-10-4-1-5-11-19,20-12-6-2-7-13-20)21-14-8-3-9-15-21/h1-15H,16-18H2,(H,26,28)(H,29,30)(H,31,32). The molecule has 7 nitrogen and oxygen atoms in total. The molecule has 0 radical (unpaired) electrons. The van der Waals surface area contributed by atoms with E-state index in [1.54, 1.807) is 0 Å². The summed E-state index contributed by atoms with van der Waals surface area (Å²) in [6.45, 7) is -1.50. The minimum Gasteiger partial charge on any atom is -0.480 e. The molecule has 3 rings (SSSR count). The molecule has 0 bridgehead atoms. The van der Waals surface area contributed by atoms with Crippen molar-refractivity contribution in [3.8, 4) is 0 Å². The first-order chi connectivity index (χ1) is 15.4. The molecule has 3 N–H and O–H groups in total. The SMILES string of the molecule is O=C(O)CN(CC(=O)O)CC(=O)NC(c1ccccc1)(c1ccccc1)c1ccccc1. The molecule has 0 aliphatic carbocycles. The molecule has 0 saturated heterocycles. The first-order valence-electron chi connectivity index (χ1n) is 10.1. The number of carboxylic acids is 2. The molecule has 0 saturated carbocycles. The van der Waals surface area contributed by atoms with Crippen molar-refractivity contribution in [3.05, 3.63) is 108 Å². The number of nitrogens with one attached hydrogen (secondary N) is 1. The third-order valence-electron chi connectivity index (χ3n) is 5.03. The van der Waals surface area contributed by atoms with Crippen LogP contribution in [0, 0.1) is 0 Å². The second-order valence-electron chi connectivity index (χ2n) is 7.33. The largest absolute Gasteiger partial charge is 0.480 e. The van der Waals surface area contributed by atoms with Gasteiger partial charge in [0, 0.05) is 0 Å². The lowest BCUT2D eigenvalue weighted by Crippen LogP contribution is -2.51. The van der Waals surface area contributed by atoms with Crippen molar-refractivity contribution in [2.75, 3.05) is 19.6 Å². The summed E-state index contributed by atoms with van der Waals surface area (Å²) in [6.07, 6.45) is 0. The molecule has 0 aromatic heterocycles. The zero-order valence-corrected chi connectivity index (χ0v) is 17.3. The molecule has 0 atom stereocenters. The number of aliphatic carboxylic acids is 2. The number of hydrogen-bond acceptors (Lipinski definition) is 4. The summed E-state index contributed by atoms with van der Waals surface area (Å²) < 4.78 is 0. The molecule has 7 heteroatoms. The van der Waals surface area contributed by atoms with Crippen LogP contribution in [-0.4, -0.2) is 52.6 Å². The van der Waals surface area contributed by atoms with Gasteiger partial charge in [0.05, 0.1) is 19.6 Å². The van der Waals surface area contributed by atoms with Crippen molar-refractivity contribution < 1.29 is 24.6 Å². The lowest BCUT2D eigenvalue weighted by atomic mass is 9.77. The molecule has 0 spiro atoms. The maximum absolute atomic E-state index is 13.2. The monoisotopic (exact) mass is 432 g/mol. The third-order valence-corrected chi connectivity index (χ3v) is 5.03. The molecule has 0 aliphatic heterocycles. The summed E-state index contributed by atoms with van der Waals surface area (Å²) >= 11 is 0. The Morgan fingerprint density at radius 2 is 0.969 bits per heavy atom. The molecular formula is C25H24N2O5. The predicted octanol–water partition coefficient (Wildman–Crippen LogP) is 2.57. The Labute approximate surface area is 185 Å². The van der Waals surface area contributed by atoms with E-state index in [1.165, 1.54) is 0 Å². The maximum Gasteiger partial charge on any atom is 0.317 e. The van der Waals surface area contributed by atoms with Gasteiger partial charge in [0.1, 0.15) is 5.54 Å². The zero-order valence-electron chi connectivity index (χ0n) is 17.3. The first kappa shape index (κ1) is 22.7. The van der Waals surface area contributed by atoms with Crippen molar-refractivity contribution in [3.63, 3.8) is 0 Å². The van der Waals surface area contributed by atoms with Crippen LogP contribution in [0.4, 0.5) is 0 Å². The van der Waals surface area contributed by atoms with E-state index < -0.39 is 36.5 Å². The third kappa shape index (κ3) is 5.39. The predicted molar refractivity (Wildman–Crippen MR) is 119 cm³/mol. The summed E-state index contributed by atoms with van der Waals surface area (Å²) in [6, 6.07) is 28.4. The van der Waals surface area contributed by atoms with Crippen LogP contribution in [0.2, 0.25) is 0 Å². The van der Waals surface area contributed by atoms with Gasteiger partial charge in [0.2, 0.25) is 5.91 Å². The second-order valence-corrected chi connectivity index (χ2v) is 7.33. The highest BCUT2D eigenvalue weighted by atomic mass is 16.4. The van der Waals surface area contributed by atoms with E-state index in [9.17, 15) is 14.4 Å². The van der Waals surface area contributed by atoms with Crippen LogP contribution in [0.1, 0.15) is 16.7 Å². The summed E-state index contributed by atoms with van der Waals surface area (Å²) in [5.74, 6) is -2.91. The summed E-state index contributed by atoms with van der Waals surface area (Å²) in [7, 11) is 0. The highest BCUT2D eigenvalue weighted by Crippen LogP contribution is 2.36. The number of carbonyl (C=O) groups is 3. The Kier molecular flexibility index (Phi) is 7.36. The highest BCUT2D eigenvalue weighted by Gasteiger charge is 2.38. The van der Waals surface area contributed by atoms with Crippen molar-refractivity contribution in [2.45, 2.75) is 5.54 Å². The zero-order chi connectivity index (χ0) is 23.0. The van der Waals surface area contributed by atoms with Gasteiger partial charge in [-0.25, -0.2) is 0 Å². The van der Waals surface area contributed by atoms with Crippen LogP contribution in [0.5, 0.6) is 0 Å². The van der Waals surface area contributed by atoms with Crippen LogP contribution in [0.15, 0.2) is 91.0 Å². The van der Waals surface area contributed by atoms with Gasteiger partial charge in [0.15, 0.2) is 0 Å². The van der Waals surface area contributed by atoms with Crippen molar-refractivity contribution in [1.29, 1.82) is 0 Å². The quantitative estimate of drug-likeness (QED) is 0.425. The highest BCUT2D eigenvalue weighted by molar-refractivity contribution is 5.82. The van der Waals surface area contributed by atoms with Gasteiger partial charge in [-0.05, 0) is 16.7 Å². The molecule has 3 aromatic carbocycles. The molecular weight excluding hydrogens is 408 g/mol. The topological polar surface area (TPSA) is 107 Å². The lowest BCUT2D eigenvalue weighted by molar-refractivity contribution is -0.142. The van der Waals surface area contributed by atoms with Crippen LogP contribution in [0.25, 0.3) is 0 Å². The lowest BCUT2D eigenvalue weighted by Gasteiger charge is -2.37. The average molecular weight is 432 g/mol. The number of hydrogen-bond donors (Lipinski definition) is 3. The van der Waals surface area contributed by atoms with Crippen molar-refractivity contribution in [1.82, 2.24) is 10.2 Å². The molecule has 164 valence electrons. The van der Waals surface area contributed by atoms with E-state index in [4.69, 9.17) is 10.2 Å². The fraction of sp³-hybridized carbons (Fsp3) is 0.160. The normalized spacial score (nSPS) is 11.2. The van der Waals surface area contributed by atoms with Gasteiger partial charge < -0.3 is 15.5 Å². The van der Waals surface area contributed by atoms with Crippen LogP contribution >= 0.6 is 0 Å². The smallest absolute Gasteiger partial charge is 0.317 e. The Morgan fingerprint density at radius 3 is 1.28 bits per heavy atom. The minimum atomic E-state index is -1.21. The van der Waals surface area contributed by atoms with Crippen LogP contribution in [-0.2, 0) is 19.9 Å². The summed E-state index contributed by atoms with van der Waals surface area (Å²) in [5.41, 5.74) is 1.38. The molecule has 3 aromatic rings. The Balaban J connectivity index is 2.07. The number of rotatable bonds is 10. The van der Waals surface area contributed by atoms with Crippen LogP contribution < -0.4 is 5.32 Å². The minimum absolute atomic E-state index is 0.382. The van der Waals surface area contributed by atoms with Gasteiger partial charge in [-0.2, -0.15) is 0 Å². The van der Waals surface area contributed by atoms with Gasteiger partial charge in [-0.1, -0.05) is 91.0 Å². The average Bonchev–Trinajstić information content (AvgIpc) is 2.78. The van der Waals surface area contributed by atoms with Gasteiger partial charge in [-0.3, -0.25) is 19.3 Å². The van der Waals surface area contributed by atoms with E-state index >= 15 is 0 Å². The van der Waals surface area contributed by atoms with Gasteiger partial charge in [0.25, 0.3) is 0 Å². The van der Waals surface area contributed by atoms with Crippen molar-refractivity contribution >= 4 is 17.8 Å². The molecule has 0 fully saturated rings. The Morgan fingerprint density at radius 1 is 0.625 bits per heavy atom. The number of carbonyl (C=O) groups excluding carboxylic acids is 1. The fourth-order valence-electron chi connectivity index (χ4n) is 3.78. The molecule has 1 amide bonds. The number of nitrogens with zero attached hydrogens (tertiary/aromatic N) is 1. The van der Waals surface area contributed by atoms with Crippen LogP contribution in [0.3, 0.4) is 0 Å². The Bertz CT molecular complexity index is 943. The van der Waals surface area contributed by atoms with E-state index in [1.807, 2.05) is 91.0 Å². The van der Waals surface area contributed by atoms with Gasteiger partial charge >= 0.3 is 11.9 Å². The Hall–Kier alpha value is -3.97. The number of benzene rings is 3. The van der Waals surface area contributed by atoms with Gasteiger partial charge in [-0.15, -0.1) is 0 Å². The second kappa shape index (κ2) is 10.4. The maximum atomic E-state index is 13.2. The summed E-state index contributed by atoms with van der Waals surface area (Å²) in [5, 5.41) is 21.3. The summed E-state index contributed by atoms with van der Waals surface area (Å²) in [4.78, 5) is 36.6. The molecule has 0 aliphatic rings. The van der Waals surface area contributed by atoms with E-state index in [0.717, 1.165) is 21.6 Å². The number of amides is 1. The van der Waals surface area contributed by atoms with E-state index in [-0.39, 0.29) is 6.54 Å². The van der Waals surface area contributed by atoms with E-state index in [2.05, 4.69) is 5.32 Å². The number of carboxylic acid groups (broad SMARTS) is 2. The fourth-order valence-corrected chi connectivity index (χ4v) is 3.78. The molecule has 32 heavy (non-hydrogen) atoms. The molecule has 0 heterocycles. The van der Waals surface area contributed by atoms with E-state index in [0.29, 0.717) is 0 Å². The van der Waals surface area contributed by atoms with Crippen molar-refractivity contribution in [2.24, 2.45) is 0 Å².